The molecule has 2 aliphatic rings. The van der Waals surface area contributed by atoms with E-state index < -0.39 is 11.2 Å². The van der Waals surface area contributed by atoms with E-state index in [1.54, 1.807) is 9.80 Å². The molecule has 0 spiro atoms. The predicted molar refractivity (Wildman–Crippen MR) is 120 cm³/mol. The van der Waals surface area contributed by atoms with E-state index in [-0.39, 0.29) is 18.3 Å². The van der Waals surface area contributed by atoms with Crippen molar-refractivity contribution < 1.29 is 23.8 Å². The Labute approximate surface area is 187 Å². The van der Waals surface area contributed by atoms with Gasteiger partial charge in [0, 0.05) is 38.8 Å². The van der Waals surface area contributed by atoms with Crippen LogP contribution in [0.25, 0.3) is 0 Å². The van der Waals surface area contributed by atoms with Crippen LogP contribution in [0.5, 0.6) is 0 Å². The van der Waals surface area contributed by atoms with E-state index >= 15 is 0 Å². The summed E-state index contributed by atoms with van der Waals surface area (Å²) in [5, 5.41) is 3.55. The third-order valence-electron chi connectivity index (χ3n) is 5.27. The molecule has 180 valence electrons. The van der Waals surface area contributed by atoms with Crippen LogP contribution in [0.1, 0.15) is 73.6 Å². The van der Waals surface area contributed by atoms with Gasteiger partial charge < -0.3 is 29.3 Å². The molecule has 1 atom stereocenters. The van der Waals surface area contributed by atoms with Crippen LogP contribution in [0.4, 0.5) is 9.59 Å². The fourth-order valence-electron chi connectivity index (χ4n) is 3.80. The Hall–Kier alpha value is -1.54. The van der Waals surface area contributed by atoms with Crippen molar-refractivity contribution in [3.05, 3.63) is 0 Å². The zero-order valence-electron chi connectivity index (χ0n) is 20.4. The molecule has 1 N–H and O–H groups in total. The van der Waals surface area contributed by atoms with Gasteiger partial charge in [-0.25, -0.2) is 9.59 Å². The van der Waals surface area contributed by atoms with E-state index in [1.807, 2.05) is 41.5 Å². The number of carbonyl (C=O) groups excluding carboxylic acids is 2. The monoisotopic (exact) mass is 441 g/mol. The third kappa shape index (κ3) is 10.1. The van der Waals surface area contributed by atoms with Crippen LogP contribution in [-0.2, 0) is 14.2 Å². The standard InChI is InChI=1S/C23H43N3O5/c1-22(2,3)30-20(27)25-14-10-19(11-15-25)29-16-8-12-24-18-9-7-13-26(17-18)21(28)31-23(4,5)6/h18-19,24H,7-17H2,1-6H3. The Morgan fingerprint density at radius 1 is 0.871 bits per heavy atom. The highest BCUT2D eigenvalue weighted by atomic mass is 16.6. The van der Waals surface area contributed by atoms with Crippen molar-refractivity contribution in [3.8, 4) is 0 Å². The molecule has 2 rings (SSSR count). The molecule has 8 heteroatoms. The van der Waals surface area contributed by atoms with Crippen molar-refractivity contribution in [2.75, 3.05) is 39.3 Å². The summed E-state index contributed by atoms with van der Waals surface area (Å²) < 4.78 is 16.9. The molecule has 2 saturated heterocycles. The second kappa shape index (κ2) is 11.4. The maximum atomic E-state index is 12.3. The molecule has 0 aromatic rings. The molecule has 2 heterocycles. The maximum absolute atomic E-state index is 12.3. The lowest BCUT2D eigenvalue weighted by Crippen LogP contribution is -2.49. The molecule has 0 saturated carbocycles. The van der Waals surface area contributed by atoms with Crippen LogP contribution in [0.15, 0.2) is 0 Å². The van der Waals surface area contributed by atoms with Crippen molar-refractivity contribution in [3.63, 3.8) is 0 Å². The largest absolute Gasteiger partial charge is 0.444 e. The fourth-order valence-corrected chi connectivity index (χ4v) is 3.80. The van der Waals surface area contributed by atoms with Crippen LogP contribution in [0.2, 0.25) is 0 Å². The minimum absolute atomic E-state index is 0.205. The zero-order chi connectivity index (χ0) is 23.1. The lowest BCUT2D eigenvalue weighted by Gasteiger charge is -2.34. The number of hydrogen-bond acceptors (Lipinski definition) is 6. The van der Waals surface area contributed by atoms with Crippen LogP contribution >= 0.6 is 0 Å². The van der Waals surface area contributed by atoms with Gasteiger partial charge in [-0.2, -0.15) is 0 Å². The highest BCUT2D eigenvalue weighted by molar-refractivity contribution is 5.68. The SMILES string of the molecule is CC(C)(C)OC(=O)N1CCC(OCCCNC2CCCN(C(=O)OC(C)(C)C)C2)CC1. The molecule has 0 aromatic carbocycles. The first-order valence-corrected chi connectivity index (χ1v) is 11.7. The summed E-state index contributed by atoms with van der Waals surface area (Å²) in [7, 11) is 0. The summed E-state index contributed by atoms with van der Waals surface area (Å²) >= 11 is 0. The van der Waals surface area contributed by atoms with Gasteiger partial charge in [0.2, 0.25) is 0 Å². The third-order valence-corrected chi connectivity index (χ3v) is 5.27. The van der Waals surface area contributed by atoms with E-state index in [4.69, 9.17) is 14.2 Å². The number of ether oxygens (including phenoxy) is 3. The number of nitrogens with zero attached hydrogens (tertiary/aromatic N) is 2. The van der Waals surface area contributed by atoms with Crippen LogP contribution in [-0.4, -0.2) is 84.7 Å². The number of nitrogens with one attached hydrogen (secondary N) is 1. The zero-order valence-corrected chi connectivity index (χ0v) is 20.4. The number of carbonyl (C=O) groups is 2. The van der Waals surface area contributed by atoms with Gasteiger partial charge in [-0.05, 0) is 80.2 Å². The minimum atomic E-state index is -0.460. The predicted octanol–water partition coefficient (Wildman–Crippen LogP) is 3.78. The lowest BCUT2D eigenvalue weighted by molar-refractivity contribution is -0.0120. The van der Waals surface area contributed by atoms with E-state index in [9.17, 15) is 9.59 Å². The van der Waals surface area contributed by atoms with Gasteiger partial charge >= 0.3 is 12.2 Å². The molecule has 0 aliphatic carbocycles. The Kier molecular flexibility index (Phi) is 9.43. The smallest absolute Gasteiger partial charge is 0.410 e. The summed E-state index contributed by atoms with van der Waals surface area (Å²) in [5.41, 5.74) is -0.919. The molecule has 2 amide bonds. The first-order chi connectivity index (χ1) is 14.4. The summed E-state index contributed by atoms with van der Waals surface area (Å²) in [6, 6.07) is 0.304. The second-order valence-electron chi connectivity index (χ2n) is 10.6. The van der Waals surface area contributed by atoms with E-state index in [1.165, 1.54) is 0 Å². The normalized spacial score (nSPS) is 21.2. The van der Waals surface area contributed by atoms with Crippen molar-refractivity contribution >= 4 is 12.2 Å². The number of piperidine rings is 2. The first kappa shape index (κ1) is 25.7. The highest BCUT2D eigenvalue weighted by Gasteiger charge is 2.28. The van der Waals surface area contributed by atoms with Gasteiger partial charge in [0.1, 0.15) is 11.2 Å². The summed E-state index contributed by atoms with van der Waals surface area (Å²) in [4.78, 5) is 28.0. The lowest BCUT2D eigenvalue weighted by atomic mass is 10.1. The molecular weight excluding hydrogens is 398 g/mol. The second-order valence-corrected chi connectivity index (χ2v) is 10.6. The maximum Gasteiger partial charge on any atom is 0.410 e. The van der Waals surface area contributed by atoms with Gasteiger partial charge in [-0.15, -0.1) is 0 Å². The van der Waals surface area contributed by atoms with Gasteiger partial charge in [-0.1, -0.05) is 0 Å². The van der Waals surface area contributed by atoms with Crippen molar-refractivity contribution in [1.29, 1.82) is 0 Å². The van der Waals surface area contributed by atoms with Crippen LogP contribution in [0.3, 0.4) is 0 Å². The highest BCUT2D eigenvalue weighted by Crippen LogP contribution is 2.18. The number of likely N-dealkylation sites (tertiary alicyclic amines) is 2. The summed E-state index contributed by atoms with van der Waals surface area (Å²) in [5.74, 6) is 0. The minimum Gasteiger partial charge on any atom is -0.444 e. The Bertz CT molecular complexity index is 577. The van der Waals surface area contributed by atoms with Crippen molar-refractivity contribution in [2.24, 2.45) is 0 Å². The van der Waals surface area contributed by atoms with Gasteiger partial charge in [0.05, 0.1) is 6.10 Å². The van der Waals surface area contributed by atoms with Gasteiger partial charge in [0.15, 0.2) is 0 Å². The average Bonchev–Trinajstić information content (AvgIpc) is 2.66. The van der Waals surface area contributed by atoms with Crippen molar-refractivity contribution in [2.45, 2.75) is 97.0 Å². The van der Waals surface area contributed by atoms with Crippen LogP contribution < -0.4 is 5.32 Å². The molecule has 31 heavy (non-hydrogen) atoms. The molecule has 1 unspecified atom stereocenters. The summed E-state index contributed by atoms with van der Waals surface area (Å²) in [6.45, 7) is 15.7. The van der Waals surface area contributed by atoms with Gasteiger partial charge in [-0.3, -0.25) is 0 Å². The van der Waals surface area contributed by atoms with E-state index in [0.29, 0.717) is 32.3 Å². The number of rotatable bonds is 6. The Morgan fingerprint density at radius 2 is 1.45 bits per heavy atom. The molecular formula is C23H43N3O5. The quantitative estimate of drug-likeness (QED) is 0.632. The molecule has 0 aromatic heterocycles. The van der Waals surface area contributed by atoms with E-state index in [2.05, 4.69) is 5.32 Å². The van der Waals surface area contributed by atoms with E-state index in [0.717, 1.165) is 45.2 Å². The molecule has 0 radical (unpaired) electrons. The molecule has 0 bridgehead atoms. The molecule has 2 aliphatic heterocycles. The van der Waals surface area contributed by atoms with Crippen LogP contribution in [0, 0.1) is 0 Å². The van der Waals surface area contributed by atoms with Crippen molar-refractivity contribution in [1.82, 2.24) is 15.1 Å². The molecule has 2 fully saturated rings. The topological polar surface area (TPSA) is 80.3 Å². The Morgan fingerprint density at radius 3 is 2.03 bits per heavy atom. The first-order valence-electron chi connectivity index (χ1n) is 11.7. The summed E-state index contributed by atoms with van der Waals surface area (Å²) in [6.07, 6.45) is 4.43. The number of hydrogen-bond donors (Lipinski definition) is 1. The number of amides is 2. The molecule has 8 nitrogen and oxygen atoms in total. The average molecular weight is 442 g/mol. The Balaban J connectivity index is 1.56. The van der Waals surface area contributed by atoms with Gasteiger partial charge in [0.25, 0.3) is 0 Å². The fraction of sp³-hybridized carbons (Fsp3) is 0.913.